The van der Waals surface area contributed by atoms with Gasteiger partial charge in [0.25, 0.3) is 11.8 Å². The number of primary amides is 1. The fourth-order valence-electron chi connectivity index (χ4n) is 3.09. The van der Waals surface area contributed by atoms with Gasteiger partial charge in [0.15, 0.2) is 11.4 Å². The molecule has 2 aromatic heterocycles. The SMILES string of the molecule is NC(=O)c1nn(C2CCOCC2)cc1NC(=O)c1coc(-c2ccc(F)cc2)n1. The number of carbonyl (C=O) groups is 2. The van der Waals surface area contributed by atoms with Gasteiger partial charge >= 0.3 is 0 Å². The van der Waals surface area contributed by atoms with Gasteiger partial charge in [-0.05, 0) is 37.1 Å². The summed E-state index contributed by atoms with van der Waals surface area (Å²) in [6.45, 7) is 1.20. The van der Waals surface area contributed by atoms with E-state index in [1.807, 2.05) is 0 Å². The number of aromatic nitrogens is 3. The summed E-state index contributed by atoms with van der Waals surface area (Å²) in [5, 5.41) is 6.84. The Morgan fingerprint density at radius 2 is 1.93 bits per heavy atom. The van der Waals surface area contributed by atoms with E-state index in [1.54, 1.807) is 10.9 Å². The van der Waals surface area contributed by atoms with Crippen LogP contribution in [-0.4, -0.2) is 39.8 Å². The number of halogens is 1. The highest BCUT2D eigenvalue weighted by atomic mass is 19.1. The number of hydrogen-bond donors (Lipinski definition) is 2. The van der Waals surface area contributed by atoms with Gasteiger partial charge in [0.2, 0.25) is 5.89 Å². The molecule has 29 heavy (non-hydrogen) atoms. The van der Waals surface area contributed by atoms with Crippen LogP contribution < -0.4 is 11.1 Å². The van der Waals surface area contributed by atoms with Gasteiger partial charge in [-0.15, -0.1) is 0 Å². The molecule has 4 rings (SSSR count). The van der Waals surface area contributed by atoms with E-state index in [9.17, 15) is 14.0 Å². The van der Waals surface area contributed by atoms with Crippen LogP contribution in [0, 0.1) is 5.82 Å². The molecule has 2 amide bonds. The summed E-state index contributed by atoms with van der Waals surface area (Å²) >= 11 is 0. The van der Waals surface area contributed by atoms with Gasteiger partial charge < -0.3 is 20.2 Å². The van der Waals surface area contributed by atoms with Crippen LogP contribution in [0.2, 0.25) is 0 Å². The van der Waals surface area contributed by atoms with E-state index in [4.69, 9.17) is 14.9 Å². The van der Waals surface area contributed by atoms with E-state index in [2.05, 4.69) is 15.4 Å². The number of rotatable bonds is 5. The molecular formula is C19H18FN5O4. The molecule has 0 radical (unpaired) electrons. The van der Waals surface area contributed by atoms with Gasteiger partial charge in [0.05, 0.1) is 11.7 Å². The number of anilines is 1. The molecule has 9 nitrogen and oxygen atoms in total. The maximum atomic E-state index is 13.0. The first-order valence-corrected chi connectivity index (χ1v) is 9.01. The first kappa shape index (κ1) is 18.8. The van der Waals surface area contributed by atoms with Crippen LogP contribution in [0.5, 0.6) is 0 Å². The van der Waals surface area contributed by atoms with E-state index in [0.717, 1.165) is 12.8 Å². The Bertz CT molecular complexity index is 1040. The van der Waals surface area contributed by atoms with Crippen LogP contribution in [0.25, 0.3) is 11.5 Å². The molecule has 150 valence electrons. The minimum absolute atomic E-state index is 0.00133. The molecule has 0 spiro atoms. The second-order valence-electron chi connectivity index (χ2n) is 6.58. The number of nitrogens with one attached hydrogen (secondary N) is 1. The lowest BCUT2D eigenvalue weighted by molar-refractivity contribution is 0.0661. The number of amides is 2. The summed E-state index contributed by atoms with van der Waals surface area (Å²) < 4.78 is 25.3. The Kier molecular flexibility index (Phi) is 5.09. The Balaban J connectivity index is 1.54. The maximum absolute atomic E-state index is 13.0. The van der Waals surface area contributed by atoms with Crippen molar-refractivity contribution < 1.29 is 23.1 Å². The third-order valence-electron chi connectivity index (χ3n) is 4.61. The summed E-state index contributed by atoms with van der Waals surface area (Å²) in [5.74, 6) is -1.56. The summed E-state index contributed by atoms with van der Waals surface area (Å²) in [7, 11) is 0. The van der Waals surface area contributed by atoms with Crippen molar-refractivity contribution in [2.75, 3.05) is 18.5 Å². The molecular weight excluding hydrogens is 381 g/mol. The van der Waals surface area contributed by atoms with Crippen molar-refractivity contribution in [2.24, 2.45) is 5.73 Å². The van der Waals surface area contributed by atoms with Crippen molar-refractivity contribution in [2.45, 2.75) is 18.9 Å². The van der Waals surface area contributed by atoms with Crippen molar-refractivity contribution in [3.63, 3.8) is 0 Å². The first-order chi connectivity index (χ1) is 14.0. The first-order valence-electron chi connectivity index (χ1n) is 9.01. The van der Waals surface area contributed by atoms with Gasteiger partial charge in [-0.1, -0.05) is 0 Å². The molecule has 0 saturated carbocycles. The smallest absolute Gasteiger partial charge is 0.277 e. The van der Waals surface area contributed by atoms with Crippen LogP contribution in [0.4, 0.5) is 10.1 Å². The highest BCUT2D eigenvalue weighted by Gasteiger charge is 2.23. The zero-order chi connectivity index (χ0) is 20.4. The molecule has 3 heterocycles. The van der Waals surface area contributed by atoms with Gasteiger partial charge in [0, 0.05) is 25.0 Å². The molecule has 0 bridgehead atoms. The molecule has 1 fully saturated rings. The highest BCUT2D eigenvalue weighted by Crippen LogP contribution is 2.25. The van der Waals surface area contributed by atoms with Crippen molar-refractivity contribution in [1.29, 1.82) is 0 Å². The van der Waals surface area contributed by atoms with Crippen molar-refractivity contribution >= 4 is 17.5 Å². The molecule has 1 aromatic carbocycles. The second-order valence-corrected chi connectivity index (χ2v) is 6.58. The lowest BCUT2D eigenvalue weighted by Gasteiger charge is -2.22. The summed E-state index contributed by atoms with van der Waals surface area (Å²) in [5.41, 5.74) is 6.09. The van der Waals surface area contributed by atoms with Crippen LogP contribution >= 0.6 is 0 Å². The predicted molar refractivity (Wildman–Crippen MR) is 99.7 cm³/mol. The number of nitrogens with two attached hydrogens (primary N) is 1. The Labute approximate surface area is 164 Å². The van der Waals surface area contributed by atoms with E-state index in [1.165, 1.54) is 30.5 Å². The normalized spacial score (nSPS) is 14.7. The minimum Gasteiger partial charge on any atom is -0.444 e. The van der Waals surface area contributed by atoms with Gasteiger partial charge in [-0.25, -0.2) is 9.37 Å². The maximum Gasteiger partial charge on any atom is 0.277 e. The summed E-state index contributed by atoms with van der Waals surface area (Å²) in [4.78, 5) is 28.4. The summed E-state index contributed by atoms with van der Waals surface area (Å²) in [6, 6.07) is 5.58. The molecule has 3 aromatic rings. The van der Waals surface area contributed by atoms with Crippen LogP contribution in [0.1, 0.15) is 39.9 Å². The van der Waals surface area contributed by atoms with Crippen molar-refractivity contribution in [3.8, 4) is 11.5 Å². The topological polar surface area (TPSA) is 125 Å². The Morgan fingerprint density at radius 3 is 2.62 bits per heavy atom. The Hall–Kier alpha value is -3.53. The number of ether oxygens (including phenoxy) is 1. The zero-order valence-electron chi connectivity index (χ0n) is 15.3. The third kappa shape index (κ3) is 4.02. The molecule has 0 atom stereocenters. The van der Waals surface area contributed by atoms with Crippen molar-refractivity contribution in [3.05, 3.63) is 53.9 Å². The molecule has 3 N–H and O–H groups in total. The lowest BCUT2D eigenvalue weighted by Crippen LogP contribution is -2.21. The second kappa shape index (κ2) is 7.84. The average Bonchev–Trinajstić information content (AvgIpc) is 3.37. The van der Waals surface area contributed by atoms with E-state index in [-0.39, 0.29) is 29.0 Å². The molecule has 1 aliphatic heterocycles. The Morgan fingerprint density at radius 1 is 1.21 bits per heavy atom. The van der Waals surface area contributed by atoms with Crippen LogP contribution in [-0.2, 0) is 4.74 Å². The number of oxazole rings is 1. The molecule has 0 aliphatic carbocycles. The van der Waals surface area contributed by atoms with Crippen LogP contribution in [0.15, 0.2) is 41.1 Å². The van der Waals surface area contributed by atoms with E-state index < -0.39 is 17.6 Å². The average molecular weight is 399 g/mol. The molecule has 1 aliphatic rings. The predicted octanol–water partition coefficient (Wildman–Crippen LogP) is 2.38. The van der Waals surface area contributed by atoms with E-state index >= 15 is 0 Å². The zero-order valence-corrected chi connectivity index (χ0v) is 15.3. The monoisotopic (exact) mass is 399 g/mol. The number of benzene rings is 1. The van der Waals surface area contributed by atoms with Gasteiger partial charge in [-0.2, -0.15) is 5.10 Å². The molecule has 0 unspecified atom stereocenters. The third-order valence-corrected chi connectivity index (χ3v) is 4.61. The van der Waals surface area contributed by atoms with Gasteiger partial charge in [-0.3, -0.25) is 14.3 Å². The minimum atomic E-state index is -0.752. The fourth-order valence-corrected chi connectivity index (χ4v) is 3.09. The van der Waals surface area contributed by atoms with Gasteiger partial charge in [0.1, 0.15) is 12.1 Å². The standard InChI is InChI=1S/C19H18FN5O4/c20-12-3-1-11(2-4-12)19-23-15(10-29-19)18(27)22-14-9-25(24-16(14)17(21)26)13-5-7-28-8-6-13/h1-4,9-10,13H,5-8H2,(H2,21,26)(H,22,27). The van der Waals surface area contributed by atoms with Crippen LogP contribution in [0.3, 0.4) is 0 Å². The number of carbonyl (C=O) groups excluding carboxylic acids is 2. The quantitative estimate of drug-likeness (QED) is 0.679. The molecule has 1 saturated heterocycles. The number of hydrogen-bond acceptors (Lipinski definition) is 6. The summed E-state index contributed by atoms with van der Waals surface area (Å²) in [6.07, 6.45) is 4.25. The number of nitrogens with zero attached hydrogens (tertiary/aromatic N) is 3. The van der Waals surface area contributed by atoms with Crippen molar-refractivity contribution in [1.82, 2.24) is 14.8 Å². The molecule has 10 heteroatoms. The lowest BCUT2D eigenvalue weighted by atomic mass is 10.1. The van der Waals surface area contributed by atoms with E-state index in [0.29, 0.717) is 18.8 Å². The fraction of sp³-hybridized carbons (Fsp3) is 0.263. The highest BCUT2D eigenvalue weighted by molar-refractivity contribution is 6.07. The largest absolute Gasteiger partial charge is 0.444 e.